The van der Waals surface area contributed by atoms with Crippen LogP contribution in [-0.4, -0.2) is 10.7 Å². The Morgan fingerprint density at radius 3 is 2.40 bits per heavy atom. The lowest BCUT2D eigenvalue weighted by atomic mass is 9.89. The summed E-state index contributed by atoms with van der Waals surface area (Å²) in [6.45, 7) is 1.71. The average molecular weight is 358 g/mol. The standard InChI is InChI=1S/C16H15BrClFO/c1-16(20,9-11-2-6-14(18)7-3-11)10-12-4-5-13(17)8-15(12)19/h2-8,20H,9-10H2,1H3. The van der Waals surface area contributed by atoms with Crippen LogP contribution in [0.4, 0.5) is 4.39 Å². The van der Waals surface area contributed by atoms with Crippen molar-refractivity contribution in [2.45, 2.75) is 25.4 Å². The van der Waals surface area contributed by atoms with Gasteiger partial charge in [-0.25, -0.2) is 4.39 Å². The van der Waals surface area contributed by atoms with Crippen LogP contribution < -0.4 is 0 Å². The molecule has 0 radical (unpaired) electrons. The van der Waals surface area contributed by atoms with Crippen molar-refractivity contribution in [2.75, 3.05) is 0 Å². The Morgan fingerprint density at radius 2 is 1.80 bits per heavy atom. The van der Waals surface area contributed by atoms with Crippen molar-refractivity contribution in [3.05, 3.63) is 68.9 Å². The SMILES string of the molecule is CC(O)(Cc1ccc(Cl)cc1)Cc1ccc(Br)cc1F. The maximum Gasteiger partial charge on any atom is 0.127 e. The summed E-state index contributed by atoms with van der Waals surface area (Å²) in [6, 6.07) is 12.2. The van der Waals surface area contributed by atoms with Crippen LogP contribution in [0.1, 0.15) is 18.1 Å². The highest BCUT2D eigenvalue weighted by Crippen LogP contribution is 2.23. The molecule has 1 unspecified atom stereocenters. The fraction of sp³-hybridized carbons (Fsp3) is 0.250. The molecule has 0 heterocycles. The van der Waals surface area contributed by atoms with Gasteiger partial charge in [0.15, 0.2) is 0 Å². The van der Waals surface area contributed by atoms with Gasteiger partial charge in [0.25, 0.3) is 0 Å². The number of aliphatic hydroxyl groups is 1. The van der Waals surface area contributed by atoms with E-state index in [9.17, 15) is 9.50 Å². The molecule has 1 nitrogen and oxygen atoms in total. The minimum Gasteiger partial charge on any atom is -0.389 e. The second-order valence-electron chi connectivity index (χ2n) is 5.21. The lowest BCUT2D eigenvalue weighted by Gasteiger charge is -2.24. The summed E-state index contributed by atoms with van der Waals surface area (Å²) in [5, 5.41) is 11.1. The molecule has 0 aliphatic carbocycles. The third-order valence-corrected chi connectivity index (χ3v) is 3.83. The zero-order valence-electron chi connectivity index (χ0n) is 11.0. The molecule has 0 aliphatic rings. The summed E-state index contributed by atoms with van der Waals surface area (Å²) in [5.41, 5.74) is 0.465. The van der Waals surface area contributed by atoms with E-state index in [1.165, 1.54) is 6.07 Å². The number of hydrogen-bond donors (Lipinski definition) is 1. The van der Waals surface area contributed by atoms with Crippen molar-refractivity contribution in [1.82, 2.24) is 0 Å². The Bertz CT molecular complexity index is 596. The maximum atomic E-state index is 13.8. The first-order chi connectivity index (χ1) is 9.35. The predicted molar refractivity (Wildman–Crippen MR) is 83.6 cm³/mol. The lowest BCUT2D eigenvalue weighted by molar-refractivity contribution is 0.0599. The second-order valence-corrected chi connectivity index (χ2v) is 6.56. The second kappa shape index (κ2) is 6.25. The van der Waals surface area contributed by atoms with Gasteiger partial charge in [0.1, 0.15) is 5.82 Å². The maximum absolute atomic E-state index is 13.8. The van der Waals surface area contributed by atoms with Crippen molar-refractivity contribution in [3.8, 4) is 0 Å². The molecule has 0 bridgehead atoms. The first-order valence-corrected chi connectivity index (χ1v) is 7.44. The van der Waals surface area contributed by atoms with E-state index in [1.54, 1.807) is 31.2 Å². The van der Waals surface area contributed by atoms with Crippen LogP contribution in [-0.2, 0) is 12.8 Å². The van der Waals surface area contributed by atoms with Gasteiger partial charge in [0.2, 0.25) is 0 Å². The van der Waals surface area contributed by atoms with Crippen LogP contribution in [0, 0.1) is 5.82 Å². The zero-order valence-corrected chi connectivity index (χ0v) is 13.4. The Kier molecular flexibility index (Phi) is 4.84. The molecule has 0 spiro atoms. The molecular formula is C16H15BrClFO. The van der Waals surface area contributed by atoms with E-state index < -0.39 is 5.60 Å². The summed E-state index contributed by atoms with van der Waals surface area (Å²) in [7, 11) is 0. The van der Waals surface area contributed by atoms with E-state index >= 15 is 0 Å². The fourth-order valence-electron chi connectivity index (χ4n) is 2.18. The van der Waals surface area contributed by atoms with Gasteiger partial charge in [-0.05, 0) is 42.3 Å². The minimum atomic E-state index is -1.01. The molecule has 1 N–H and O–H groups in total. The van der Waals surface area contributed by atoms with Gasteiger partial charge in [-0.15, -0.1) is 0 Å². The zero-order chi connectivity index (χ0) is 14.8. The third-order valence-electron chi connectivity index (χ3n) is 3.08. The molecule has 2 aromatic rings. The van der Waals surface area contributed by atoms with E-state index in [4.69, 9.17) is 11.6 Å². The van der Waals surface area contributed by atoms with Crippen molar-refractivity contribution in [3.63, 3.8) is 0 Å². The number of halogens is 3. The summed E-state index contributed by atoms with van der Waals surface area (Å²) in [6.07, 6.45) is 0.703. The minimum absolute atomic E-state index is 0.259. The molecule has 0 amide bonds. The number of benzene rings is 2. The molecular weight excluding hydrogens is 343 g/mol. The lowest BCUT2D eigenvalue weighted by Crippen LogP contribution is -2.30. The van der Waals surface area contributed by atoms with Gasteiger partial charge in [-0.1, -0.05) is 45.7 Å². The number of rotatable bonds is 4. The smallest absolute Gasteiger partial charge is 0.127 e. The summed E-state index contributed by atoms with van der Waals surface area (Å²) >= 11 is 9.05. The van der Waals surface area contributed by atoms with E-state index in [0.717, 1.165) is 5.56 Å². The molecule has 4 heteroatoms. The molecule has 2 aromatic carbocycles. The quantitative estimate of drug-likeness (QED) is 0.835. The van der Waals surface area contributed by atoms with Gasteiger partial charge in [0, 0.05) is 22.3 Å². The van der Waals surface area contributed by atoms with Gasteiger partial charge >= 0.3 is 0 Å². The van der Waals surface area contributed by atoms with E-state index in [2.05, 4.69) is 15.9 Å². The van der Waals surface area contributed by atoms with Crippen LogP contribution in [0.3, 0.4) is 0 Å². The van der Waals surface area contributed by atoms with Crippen LogP contribution in [0.5, 0.6) is 0 Å². The molecule has 20 heavy (non-hydrogen) atoms. The van der Waals surface area contributed by atoms with Crippen molar-refractivity contribution in [2.24, 2.45) is 0 Å². The Balaban J connectivity index is 2.12. The molecule has 0 saturated heterocycles. The average Bonchev–Trinajstić information content (AvgIpc) is 2.35. The number of hydrogen-bond acceptors (Lipinski definition) is 1. The molecule has 1 atom stereocenters. The van der Waals surface area contributed by atoms with Crippen LogP contribution in [0.2, 0.25) is 5.02 Å². The fourth-order valence-corrected chi connectivity index (χ4v) is 2.64. The topological polar surface area (TPSA) is 20.2 Å². The van der Waals surface area contributed by atoms with Crippen LogP contribution >= 0.6 is 27.5 Å². The van der Waals surface area contributed by atoms with Crippen molar-refractivity contribution in [1.29, 1.82) is 0 Å². The van der Waals surface area contributed by atoms with E-state index in [-0.39, 0.29) is 12.2 Å². The molecule has 0 fully saturated rings. The molecule has 0 saturated carbocycles. The van der Waals surface area contributed by atoms with Gasteiger partial charge in [-0.2, -0.15) is 0 Å². The molecule has 0 aromatic heterocycles. The summed E-state index contributed by atoms with van der Waals surface area (Å²) in [5.74, 6) is -0.309. The monoisotopic (exact) mass is 356 g/mol. The Labute approximate surface area is 131 Å². The van der Waals surface area contributed by atoms with Crippen molar-refractivity contribution >= 4 is 27.5 Å². The van der Waals surface area contributed by atoms with Gasteiger partial charge < -0.3 is 5.11 Å². The highest BCUT2D eigenvalue weighted by molar-refractivity contribution is 9.10. The van der Waals surface area contributed by atoms with Gasteiger partial charge in [0.05, 0.1) is 5.60 Å². The molecule has 106 valence electrons. The Morgan fingerprint density at radius 1 is 1.15 bits per heavy atom. The van der Waals surface area contributed by atoms with E-state index in [1.807, 2.05) is 12.1 Å². The predicted octanol–water partition coefficient (Wildman–Crippen LogP) is 4.78. The van der Waals surface area contributed by atoms with Crippen molar-refractivity contribution < 1.29 is 9.50 Å². The van der Waals surface area contributed by atoms with Crippen LogP contribution in [0.25, 0.3) is 0 Å². The first-order valence-electron chi connectivity index (χ1n) is 6.26. The van der Waals surface area contributed by atoms with E-state index in [0.29, 0.717) is 21.5 Å². The molecule has 2 rings (SSSR count). The largest absolute Gasteiger partial charge is 0.389 e. The first kappa shape index (κ1) is 15.5. The van der Waals surface area contributed by atoms with Gasteiger partial charge in [-0.3, -0.25) is 0 Å². The highest BCUT2D eigenvalue weighted by atomic mass is 79.9. The normalized spacial score (nSPS) is 14.1. The summed E-state index contributed by atoms with van der Waals surface area (Å²) in [4.78, 5) is 0. The third kappa shape index (κ3) is 4.30. The molecule has 0 aliphatic heterocycles. The van der Waals surface area contributed by atoms with Crippen LogP contribution in [0.15, 0.2) is 46.9 Å². The highest BCUT2D eigenvalue weighted by Gasteiger charge is 2.23. The summed E-state index contributed by atoms with van der Waals surface area (Å²) < 4.78 is 14.5. The Hall–Kier alpha value is -0.900.